The summed E-state index contributed by atoms with van der Waals surface area (Å²) in [5.41, 5.74) is 6.26. The molecule has 0 radical (unpaired) electrons. The van der Waals surface area contributed by atoms with Crippen molar-refractivity contribution >= 4 is 5.97 Å². The van der Waals surface area contributed by atoms with Gasteiger partial charge in [0.2, 0.25) is 0 Å². The first-order chi connectivity index (χ1) is 24.1. The lowest BCUT2D eigenvalue weighted by Gasteiger charge is -2.36. The Morgan fingerprint density at radius 2 is 1.27 bits per heavy atom. The molecule has 0 aliphatic heterocycles. The van der Waals surface area contributed by atoms with Gasteiger partial charge in [-0.05, 0) is 50.2 Å². The first-order valence-electron chi connectivity index (χ1n) is 16.5. The van der Waals surface area contributed by atoms with Crippen molar-refractivity contribution in [1.29, 1.82) is 0 Å². The number of unbranched alkanes of at least 4 members (excludes halogenated alkanes) is 1. The Morgan fingerprint density at radius 1 is 0.714 bits per heavy atom. The lowest BCUT2D eigenvalue weighted by Crippen LogP contribution is -2.39. The van der Waals surface area contributed by atoms with Gasteiger partial charge in [0.25, 0.3) is 0 Å². The Hall–Kier alpha value is -6.15. The molecule has 0 saturated carbocycles. The number of nitrogens with zero attached hydrogens (tertiary/aromatic N) is 6. The molecule has 49 heavy (non-hydrogen) atoms. The summed E-state index contributed by atoms with van der Waals surface area (Å²) >= 11 is 0. The summed E-state index contributed by atoms with van der Waals surface area (Å²) < 4.78 is 3.76. The Labute approximate surface area is 285 Å². The number of rotatable bonds is 12. The number of imidazole rings is 1. The van der Waals surface area contributed by atoms with Crippen molar-refractivity contribution in [2.24, 2.45) is 0 Å². The molecule has 8 heteroatoms. The second kappa shape index (κ2) is 13.9. The summed E-state index contributed by atoms with van der Waals surface area (Å²) in [7, 11) is 0. The highest BCUT2D eigenvalue weighted by atomic mass is 16.4. The maximum absolute atomic E-state index is 12.0. The van der Waals surface area contributed by atoms with E-state index in [9.17, 15) is 9.90 Å². The van der Waals surface area contributed by atoms with Crippen LogP contribution in [0.25, 0.3) is 22.5 Å². The summed E-state index contributed by atoms with van der Waals surface area (Å²) in [5, 5.41) is 23.5. The van der Waals surface area contributed by atoms with Crippen molar-refractivity contribution in [1.82, 2.24) is 29.8 Å². The number of carbonyl (C=O) groups is 1. The van der Waals surface area contributed by atoms with E-state index in [1.807, 2.05) is 88.1 Å². The molecule has 0 amide bonds. The molecule has 2 heterocycles. The highest BCUT2D eigenvalue weighted by Gasteiger charge is 2.42. The van der Waals surface area contributed by atoms with Crippen molar-refractivity contribution in [3.63, 3.8) is 0 Å². The van der Waals surface area contributed by atoms with E-state index in [-0.39, 0.29) is 5.69 Å². The summed E-state index contributed by atoms with van der Waals surface area (Å²) in [6.07, 6.45) is 4.16. The molecule has 0 atom stereocenters. The number of benzene rings is 5. The van der Waals surface area contributed by atoms with Crippen LogP contribution in [0.5, 0.6) is 0 Å². The third-order valence-electron chi connectivity index (χ3n) is 9.05. The summed E-state index contributed by atoms with van der Waals surface area (Å²) in [6.45, 7) is 2.54. The lowest BCUT2D eigenvalue weighted by molar-refractivity contribution is 0.0685. The van der Waals surface area contributed by atoms with Crippen molar-refractivity contribution < 1.29 is 9.90 Å². The fourth-order valence-electron chi connectivity index (χ4n) is 6.68. The number of aryl methyl sites for hydroxylation is 1. The Morgan fingerprint density at radius 3 is 1.82 bits per heavy atom. The average Bonchev–Trinajstić information content (AvgIpc) is 3.81. The third kappa shape index (κ3) is 5.93. The first-order valence-corrected chi connectivity index (χ1v) is 16.5. The highest BCUT2D eigenvalue weighted by Crippen LogP contribution is 2.43. The summed E-state index contributed by atoms with van der Waals surface area (Å²) in [4.78, 5) is 16.4. The van der Waals surface area contributed by atoms with E-state index in [1.54, 1.807) is 0 Å². The van der Waals surface area contributed by atoms with Crippen LogP contribution in [0.1, 0.15) is 58.3 Å². The van der Waals surface area contributed by atoms with Gasteiger partial charge in [0.15, 0.2) is 5.82 Å². The van der Waals surface area contributed by atoms with Crippen molar-refractivity contribution in [3.05, 3.63) is 179 Å². The number of aromatic carboxylic acids is 1. The fraction of sp³-hybridized carbons (Fsp3) is 0.146. The van der Waals surface area contributed by atoms with Gasteiger partial charge in [0, 0.05) is 18.5 Å². The molecular formula is C41H36N6O2. The molecule has 7 aromatic rings. The predicted molar refractivity (Wildman–Crippen MR) is 190 cm³/mol. The van der Waals surface area contributed by atoms with Gasteiger partial charge in [0.1, 0.15) is 17.1 Å². The zero-order chi connectivity index (χ0) is 33.6. The van der Waals surface area contributed by atoms with E-state index in [4.69, 9.17) is 5.21 Å². The van der Waals surface area contributed by atoms with Crippen LogP contribution in [0.4, 0.5) is 0 Å². The number of tetrazole rings is 1. The van der Waals surface area contributed by atoms with Crippen LogP contribution in [-0.4, -0.2) is 40.8 Å². The van der Waals surface area contributed by atoms with E-state index < -0.39 is 11.5 Å². The molecule has 0 aliphatic rings. The maximum Gasteiger partial charge on any atom is 0.354 e. The Bertz CT molecular complexity index is 2060. The number of hydrogen-bond donors (Lipinski definition) is 1. The number of hydrogen-bond acceptors (Lipinski definition) is 5. The van der Waals surface area contributed by atoms with Crippen LogP contribution >= 0.6 is 0 Å². The second-order valence-electron chi connectivity index (χ2n) is 12.0. The number of carboxylic acids is 1. The Balaban J connectivity index is 1.34. The smallest absolute Gasteiger partial charge is 0.354 e. The molecule has 242 valence electrons. The Kier molecular flexibility index (Phi) is 8.93. The molecule has 0 saturated heterocycles. The normalized spacial score (nSPS) is 11.4. The minimum Gasteiger partial charge on any atom is -0.477 e. The molecule has 8 nitrogen and oxygen atoms in total. The van der Waals surface area contributed by atoms with Crippen LogP contribution < -0.4 is 0 Å². The van der Waals surface area contributed by atoms with Crippen LogP contribution in [0, 0.1) is 0 Å². The van der Waals surface area contributed by atoms with Gasteiger partial charge in [-0.1, -0.05) is 153 Å². The average molecular weight is 645 g/mol. The maximum atomic E-state index is 12.0. The summed E-state index contributed by atoms with van der Waals surface area (Å²) in [6, 6.07) is 47.5. The van der Waals surface area contributed by atoms with Crippen LogP contribution in [0.3, 0.4) is 0 Å². The van der Waals surface area contributed by atoms with E-state index in [0.717, 1.165) is 64.0 Å². The van der Waals surface area contributed by atoms with Crippen LogP contribution in [0.15, 0.2) is 146 Å². The standard InChI is InChI=1S/C41H36N6O2/c1-2-3-23-38-42-28-37(40(48)49)46(38)29-30-24-26-31(27-25-30)35-21-13-14-22-36(35)39-43-44-45-47(39)41(32-15-7-4-8-16-32,33-17-9-5-10-18-33)34-19-11-6-12-20-34/h4-22,24-28H,2-3,23,29H2,1H3,(H,48,49). The second-order valence-corrected chi connectivity index (χ2v) is 12.0. The quantitative estimate of drug-likeness (QED) is 0.135. The largest absolute Gasteiger partial charge is 0.477 e. The number of aromatic nitrogens is 6. The molecule has 2 aromatic heterocycles. The molecule has 0 spiro atoms. The molecule has 1 N–H and O–H groups in total. The van der Waals surface area contributed by atoms with Gasteiger partial charge in [-0.2, -0.15) is 0 Å². The van der Waals surface area contributed by atoms with Crippen LogP contribution in [-0.2, 0) is 18.5 Å². The number of carboxylic acid groups (broad SMARTS) is 1. The van der Waals surface area contributed by atoms with Crippen molar-refractivity contribution in [3.8, 4) is 22.5 Å². The van der Waals surface area contributed by atoms with E-state index in [1.165, 1.54) is 6.20 Å². The van der Waals surface area contributed by atoms with E-state index in [2.05, 4.69) is 82.9 Å². The third-order valence-corrected chi connectivity index (χ3v) is 9.05. The van der Waals surface area contributed by atoms with Gasteiger partial charge in [-0.25, -0.2) is 14.5 Å². The zero-order valence-electron chi connectivity index (χ0n) is 27.2. The predicted octanol–water partition coefficient (Wildman–Crippen LogP) is 8.13. The molecular weight excluding hydrogens is 608 g/mol. The van der Waals surface area contributed by atoms with E-state index >= 15 is 0 Å². The summed E-state index contributed by atoms with van der Waals surface area (Å²) in [5.74, 6) is 0.441. The van der Waals surface area contributed by atoms with Gasteiger partial charge in [-0.15, -0.1) is 5.10 Å². The molecule has 0 aliphatic carbocycles. The van der Waals surface area contributed by atoms with Gasteiger partial charge < -0.3 is 9.67 Å². The zero-order valence-corrected chi connectivity index (χ0v) is 27.2. The fourth-order valence-corrected chi connectivity index (χ4v) is 6.68. The first kappa shape index (κ1) is 31.4. The monoisotopic (exact) mass is 644 g/mol. The highest BCUT2D eigenvalue weighted by molar-refractivity contribution is 5.85. The molecule has 0 fully saturated rings. The van der Waals surface area contributed by atoms with Gasteiger partial charge in [-0.3, -0.25) is 0 Å². The van der Waals surface area contributed by atoms with Crippen molar-refractivity contribution in [2.45, 2.75) is 38.3 Å². The molecule has 5 aromatic carbocycles. The van der Waals surface area contributed by atoms with Gasteiger partial charge >= 0.3 is 5.97 Å². The minimum atomic E-state index is -0.976. The van der Waals surface area contributed by atoms with E-state index in [0.29, 0.717) is 12.4 Å². The lowest BCUT2D eigenvalue weighted by atomic mass is 9.77. The molecule has 0 bridgehead atoms. The molecule has 0 unspecified atom stereocenters. The molecule has 7 rings (SSSR count). The SMILES string of the molecule is CCCCc1ncc(C(=O)O)n1Cc1ccc(-c2ccccc2-c2nnnn2C(c2ccccc2)(c2ccccc2)c2ccccc2)cc1. The van der Waals surface area contributed by atoms with Crippen LogP contribution in [0.2, 0.25) is 0 Å². The van der Waals surface area contributed by atoms with Crippen molar-refractivity contribution in [2.75, 3.05) is 0 Å². The minimum absolute atomic E-state index is 0.200. The van der Waals surface area contributed by atoms with Gasteiger partial charge in [0.05, 0.1) is 6.20 Å². The topological polar surface area (TPSA) is 98.7 Å².